The summed E-state index contributed by atoms with van der Waals surface area (Å²) in [5, 5.41) is 10.1. The van der Waals surface area contributed by atoms with Gasteiger partial charge in [-0.2, -0.15) is 5.10 Å². The Morgan fingerprint density at radius 2 is 1.62 bits per heavy atom. The van der Waals surface area contributed by atoms with Crippen LogP contribution in [0, 0.1) is 0 Å². The molecule has 1 aliphatic carbocycles. The van der Waals surface area contributed by atoms with E-state index in [1.165, 1.54) is 6.21 Å². The standard InChI is InChI=1S/C28H26N5O4/c29-31-16-19-11-9-18(10-12-19)15-25-26(34)33(27(35)32-25)14-13-30-28(36)37-17-24-22-7-3-1-5-20(22)21-6-2-4-8-23(21)24/h1-12,16,24-25H,13-15,17,29H2,(H,32,35). The molecule has 37 heavy (non-hydrogen) atoms. The molecule has 0 aromatic heterocycles. The molecule has 1 heterocycles. The summed E-state index contributed by atoms with van der Waals surface area (Å²) >= 11 is 0. The average Bonchev–Trinajstić information content (AvgIpc) is 3.37. The molecule has 0 spiro atoms. The summed E-state index contributed by atoms with van der Waals surface area (Å²) in [4.78, 5) is 38.5. The van der Waals surface area contributed by atoms with Crippen LogP contribution < -0.4 is 16.5 Å². The molecular formula is C28H26N5O4. The van der Waals surface area contributed by atoms with E-state index in [0.717, 1.165) is 38.3 Å². The number of carbonyl (C=O) groups excluding carboxylic acids is 3. The highest BCUT2D eigenvalue weighted by Gasteiger charge is 2.37. The van der Waals surface area contributed by atoms with Crippen molar-refractivity contribution in [3.05, 3.63) is 95.1 Å². The third-order valence-electron chi connectivity index (χ3n) is 6.65. The van der Waals surface area contributed by atoms with E-state index in [9.17, 15) is 14.4 Å². The maximum Gasteiger partial charge on any atom is 0.429 e. The second-order valence-corrected chi connectivity index (χ2v) is 8.90. The molecule has 4 amide bonds. The molecule has 3 aromatic carbocycles. The van der Waals surface area contributed by atoms with Gasteiger partial charge in [0.15, 0.2) is 0 Å². The Morgan fingerprint density at radius 3 is 2.27 bits per heavy atom. The number of carbonyl (C=O) groups is 3. The van der Waals surface area contributed by atoms with Crippen molar-refractivity contribution >= 4 is 24.2 Å². The molecule has 3 N–H and O–H groups in total. The summed E-state index contributed by atoms with van der Waals surface area (Å²) in [7, 11) is 0. The van der Waals surface area contributed by atoms with Crippen LogP contribution in [0.15, 0.2) is 77.9 Å². The smallest absolute Gasteiger partial charge is 0.429 e. The third-order valence-corrected chi connectivity index (χ3v) is 6.65. The molecule has 1 aliphatic heterocycles. The fourth-order valence-corrected chi connectivity index (χ4v) is 4.87. The van der Waals surface area contributed by atoms with Crippen LogP contribution in [0.25, 0.3) is 11.1 Å². The number of nitrogens with one attached hydrogen (secondary N) is 1. The van der Waals surface area contributed by atoms with Crippen LogP contribution in [-0.4, -0.2) is 54.9 Å². The molecule has 2 aliphatic rings. The predicted molar refractivity (Wildman–Crippen MR) is 138 cm³/mol. The highest BCUT2D eigenvalue weighted by Crippen LogP contribution is 2.44. The normalized spacial score (nSPS) is 16.5. The number of hydrogen-bond donors (Lipinski definition) is 2. The highest BCUT2D eigenvalue weighted by molar-refractivity contribution is 6.04. The van der Waals surface area contributed by atoms with Crippen molar-refractivity contribution < 1.29 is 19.1 Å². The van der Waals surface area contributed by atoms with Crippen molar-refractivity contribution in [1.29, 1.82) is 0 Å². The summed E-state index contributed by atoms with van der Waals surface area (Å²) < 4.78 is 5.46. The number of nitrogens with two attached hydrogens (primary N) is 1. The zero-order chi connectivity index (χ0) is 25.8. The Bertz CT molecular complexity index is 1310. The van der Waals surface area contributed by atoms with E-state index in [4.69, 9.17) is 10.6 Å². The van der Waals surface area contributed by atoms with Crippen LogP contribution in [-0.2, 0) is 16.0 Å². The maximum absolute atomic E-state index is 12.7. The van der Waals surface area contributed by atoms with E-state index in [2.05, 4.69) is 27.9 Å². The van der Waals surface area contributed by atoms with Crippen molar-refractivity contribution in [2.45, 2.75) is 18.4 Å². The SMILES string of the molecule is NN=Cc1ccc(CC2NC(=O)N(CC[N]C(=O)OCC3c4ccccc4-c4ccccc43)C2=O)cc1. The summed E-state index contributed by atoms with van der Waals surface area (Å²) in [6, 6.07) is 22.4. The van der Waals surface area contributed by atoms with E-state index in [1.807, 2.05) is 60.7 Å². The van der Waals surface area contributed by atoms with Gasteiger partial charge in [0.2, 0.25) is 0 Å². The largest absolute Gasteiger partial charge is 0.447 e. The Kier molecular flexibility index (Phi) is 6.85. The molecule has 0 bridgehead atoms. The van der Waals surface area contributed by atoms with E-state index in [0.29, 0.717) is 6.42 Å². The number of amides is 4. The van der Waals surface area contributed by atoms with Gasteiger partial charge in [0, 0.05) is 12.3 Å². The number of hydrazone groups is 1. The fourth-order valence-electron chi connectivity index (χ4n) is 4.87. The van der Waals surface area contributed by atoms with Crippen LogP contribution in [0.3, 0.4) is 0 Å². The van der Waals surface area contributed by atoms with Gasteiger partial charge < -0.3 is 15.9 Å². The van der Waals surface area contributed by atoms with Crippen LogP contribution in [0.4, 0.5) is 9.59 Å². The Morgan fingerprint density at radius 1 is 0.973 bits per heavy atom. The van der Waals surface area contributed by atoms with Gasteiger partial charge in [-0.25, -0.2) is 14.9 Å². The van der Waals surface area contributed by atoms with Gasteiger partial charge in [0.1, 0.15) is 12.6 Å². The molecule has 9 heteroatoms. The van der Waals surface area contributed by atoms with Crippen LogP contribution in [0.1, 0.15) is 28.2 Å². The number of ether oxygens (including phenoxy) is 1. The van der Waals surface area contributed by atoms with Gasteiger partial charge in [0.05, 0.1) is 19.3 Å². The second-order valence-electron chi connectivity index (χ2n) is 8.90. The molecule has 3 aromatic rings. The molecule has 1 unspecified atom stereocenters. The van der Waals surface area contributed by atoms with Gasteiger partial charge in [-0.15, -0.1) is 0 Å². The summed E-state index contributed by atoms with van der Waals surface area (Å²) in [5.74, 6) is 4.75. The molecule has 1 atom stereocenters. The fraction of sp³-hybridized carbons (Fsp3) is 0.214. The zero-order valence-corrected chi connectivity index (χ0v) is 20.0. The van der Waals surface area contributed by atoms with E-state index in [-0.39, 0.29) is 31.5 Å². The zero-order valence-electron chi connectivity index (χ0n) is 20.0. The number of rotatable bonds is 8. The lowest BCUT2D eigenvalue weighted by Gasteiger charge is -2.15. The van der Waals surface area contributed by atoms with Gasteiger partial charge in [-0.05, 0) is 33.4 Å². The summed E-state index contributed by atoms with van der Waals surface area (Å²) in [5.41, 5.74) is 6.24. The van der Waals surface area contributed by atoms with E-state index >= 15 is 0 Å². The lowest BCUT2D eigenvalue weighted by molar-refractivity contribution is -0.127. The van der Waals surface area contributed by atoms with Crippen LogP contribution in [0.5, 0.6) is 0 Å². The van der Waals surface area contributed by atoms with E-state index in [1.54, 1.807) is 0 Å². The lowest BCUT2D eigenvalue weighted by Crippen LogP contribution is -2.37. The number of benzene rings is 3. The third kappa shape index (κ3) is 5.02. The minimum atomic E-state index is -0.716. The lowest BCUT2D eigenvalue weighted by atomic mass is 9.98. The average molecular weight is 497 g/mol. The Hall–Kier alpha value is -4.66. The number of nitrogens with zero attached hydrogens (tertiary/aromatic N) is 3. The number of fused-ring (bicyclic) bond motifs is 3. The molecule has 9 nitrogen and oxygen atoms in total. The molecule has 5 rings (SSSR count). The summed E-state index contributed by atoms with van der Waals surface area (Å²) in [6.45, 7) is 0.129. The van der Waals surface area contributed by atoms with Gasteiger partial charge in [-0.1, -0.05) is 72.8 Å². The molecule has 0 saturated carbocycles. The van der Waals surface area contributed by atoms with Crippen molar-refractivity contribution in [2.24, 2.45) is 10.9 Å². The van der Waals surface area contributed by atoms with Crippen molar-refractivity contribution in [1.82, 2.24) is 15.5 Å². The number of imide groups is 1. The molecular weight excluding hydrogens is 470 g/mol. The van der Waals surface area contributed by atoms with Crippen LogP contribution >= 0.6 is 0 Å². The monoisotopic (exact) mass is 496 g/mol. The molecule has 1 radical (unpaired) electrons. The molecule has 187 valence electrons. The molecule has 1 saturated heterocycles. The van der Waals surface area contributed by atoms with Gasteiger partial charge >= 0.3 is 12.1 Å². The first-order chi connectivity index (χ1) is 18.0. The first-order valence-electron chi connectivity index (χ1n) is 12.0. The van der Waals surface area contributed by atoms with Crippen molar-refractivity contribution in [3.63, 3.8) is 0 Å². The number of hydrogen-bond acceptors (Lipinski definition) is 6. The van der Waals surface area contributed by atoms with Crippen LogP contribution in [0.2, 0.25) is 0 Å². The predicted octanol–water partition coefficient (Wildman–Crippen LogP) is 3.00. The maximum atomic E-state index is 12.7. The quantitative estimate of drug-likeness (QED) is 0.214. The topological polar surface area (TPSA) is 128 Å². The Balaban J connectivity index is 1.11. The minimum Gasteiger partial charge on any atom is -0.447 e. The van der Waals surface area contributed by atoms with Gasteiger partial charge in [-0.3, -0.25) is 9.69 Å². The van der Waals surface area contributed by atoms with Crippen molar-refractivity contribution in [2.75, 3.05) is 19.7 Å². The first-order valence-corrected chi connectivity index (χ1v) is 12.0. The highest BCUT2D eigenvalue weighted by atomic mass is 16.5. The van der Waals surface area contributed by atoms with E-state index < -0.39 is 18.2 Å². The first kappa shape index (κ1) is 24.1. The number of urea groups is 1. The van der Waals surface area contributed by atoms with Crippen molar-refractivity contribution in [3.8, 4) is 11.1 Å². The Labute approximate surface area is 214 Å². The van der Waals surface area contributed by atoms with Gasteiger partial charge in [0.25, 0.3) is 5.91 Å². The minimum absolute atomic E-state index is 0.00271. The molecule has 1 fully saturated rings. The summed E-state index contributed by atoms with van der Waals surface area (Å²) in [6.07, 6.45) is 1.16. The second kappa shape index (κ2) is 10.5.